The predicted molar refractivity (Wildman–Crippen MR) is 79.3 cm³/mol. The fourth-order valence-electron chi connectivity index (χ4n) is 2.47. The third-order valence-electron chi connectivity index (χ3n) is 3.24. The van der Waals surface area contributed by atoms with Crippen LogP contribution in [0.1, 0.15) is 6.92 Å². The Morgan fingerprint density at radius 1 is 1.21 bits per heavy atom. The summed E-state index contributed by atoms with van der Waals surface area (Å²) in [7, 11) is 0. The smallest absolute Gasteiger partial charge is 0.239 e. The molecular weight excluding hydrogens is 256 g/mol. The van der Waals surface area contributed by atoms with Gasteiger partial charge in [0.2, 0.25) is 5.88 Å². The molecule has 3 heterocycles. The maximum atomic E-state index is 5.66. The highest BCUT2D eigenvalue weighted by molar-refractivity contribution is 7.25. The lowest BCUT2D eigenvalue weighted by molar-refractivity contribution is 0.331. The fourth-order valence-corrected chi connectivity index (χ4v) is 3.53. The molecule has 0 N–H and O–H groups in total. The van der Waals surface area contributed by atoms with Crippen molar-refractivity contribution in [2.45, 2.75) is 6.92 Å². The van der Waals surface area contributed by atoms with Crippen molar-refractivity contribution in [1.29, 1.82) is 0 Å². The fraction of sp³-hybridized carbons (Fsp3) is 0.133. The zero-order chi connectivity index (χ0) is 12.8. The van der Waals surface area contributed by atoms with E-state index >= 15 is 0 Å². The highest BCUT2D eigenvalue weighted by Gasteiger charge is 2.13. The second-order valence-corrected chi connectivity index (χ2v) is 5.40. The molecular formula is C15H12N2OS. The minimum atomic E-state index is 0.629. The van der Waals surface area contributed by atoms with Gasteiger partial charge in [0.25, 0.3) is 0 Å². The molecule has 4 rings (SSSR count). The van der Waals surface area contributed by atoms with Gasteiger partial charge in [-0.2, -0.15) is 4.98 Å². The Balaban J connectivity index is 2.23. The topological polar surface area (TPSA) is 26.5 Å². The molecule has 0 bridgehead atoms. The third kappa shape index (κ3) is 1.47. The Kier molecular flexibility index (Phi) is 2.26. The Labute approximate surface area is 114 Å². The minimum absolute atomic E-state index is 0.629. The highest BCUT2D eigenvalue weighted by Crippen LogP contribution is 2.35. The van der Waals surface area contributed by atoms with Crippen LogP contribution in [0.2, 0.25) is 0 Å². The summed E-state index contributed by atoms with van der Waals surface area (Å²) in [6.07, 6.45) is 2.07. The summed E-state index contributed by atoms with van der Waals surface area (Å²) in [5.74, 6) is 0.714. The Bertz CT molecular complexity index is 891. The van der Waals surface area contributed by atoms with E-state index in [1.807, 2.05) is 19.1 Å². The first-order valence-electron chi connectivity index (χ1n) is 6.29. The molecule has 4 aromatic rings. The lowest BCUT2D eigenvalue weighted by Gasteiger charge is -2.06. The molecule has 0 saturated heterocycles. The monoisotopic (exact) mass is 268 g/mol. The van der Waals surface area contributed by atoms with Crippen LogP contribution in [0.5, 0.6) is 5.88 Å². The largest absolute Gasteiger partial charge is 0.476 e. The van der Waals surface area contributed by atoms with Crippen molar-refractivity contribution in [2.75, 3.05) is 6.61 Å². The molecule has 0 spiro atoms. The second kappa shape index (κ2) is 3.96. The van der Waals surface area contributed by atoms with Gasteiger partial charge in [0, 0.05) is 16.3 Å². The van der Waals surface area contributed by atoms with Gasteiger partial charge >= 0.3 is 0 Å². The van der Waals surface area contributed by atoms with Gasteiger partial charge in [-0.3, -0.25) is 0 Å². The first-order valence-corrected chi connectivity index (χ1v) is 7.11. The predicted octanol–water partition coefficient (Wildman–Crippen LogP) is 4.10. The first kappa shape index (κ1) is 10.8. The van der Waals surface area contributed by atoms with Crippen molar-refractivity contribution in [3.05, 3.63) is 42.6 Å². The van der Waals surface area contributed by atoms with Crippen LogP contribution in [0.3, 0.4) is 0 Å². The van der Waals surface area contributed by atoms with Crippen molar-refractivity contribution in [3.8, 4) is 5.88 Å². The molecule has 1 aromatic carbocycles. The SMILES string of the molecule is CCOc1nc2sc3ccccc3c2n2cccc12. The molecule has 0 aliphatic heterocycles. The van der Waals surface area contributed by atoms with Crippen molar-refractivity contribution in [1.82, 2.24) is 9.38 Å². The van der Waals surface area contributed by atoms with E-state index < -0.39 is 0 Å². The average molecular weight is 268 g/mol. The standard InChI is InChI=1S/C15H12N2OS/c1-2-18-14-11-7-5-9-17(11)13-10-6-3-4-8-12(10)19-15(13)16-14/h3-9H,2H2,1H3. The molecule has 94 valence electrons. The van der Waals surface area contributed by atoms with Gasteiger partial charge in [-0.15, -0.1) is 11.3 Å². The normalized spacial score (nSPS) is 11.6. The number of rotatable bonds is 2. The van der Waals surface area contributed by atoms with Gasteiger partial charge in [-0.1, -0.05) is 18.2 Å². The van der Waals surface area contributed by atoms with E-state index in [2.05, 4.69) is 39.8 Å². The minimum Gasteiger partial charge on any atom is -0.476 e. The van der Waals surface area contributed by atoms with Gasteiger partial charge in [0.1, 0.15) is 10.3 Å². The van der Waals surface area contributed by atoms with Crippen LogP contribution < -0.4 is 4.74 Å². The number of hydrogen-bond donors (Lipinski definition) is 0. The lowest BCUT2D eigenvalue weighted by Crippen LogP contribution is -1.97. The van der Waals surface area contributed by atoms with Gasteiger partial charge in [-0.05, 0) is 25.1 Å². The van der Waals surface area contributed by atoms with Crippen molar-refractivity contribution in [3.63, 3.8) is 0 Å². The molecule has 0 fully saturated rings. The molecule has 0 amide bonds. The summed E-state index contributed by atoms with van der Waals surface area (Å²) in [6.45, 7) is 2.61. The van der Waals surface area contributed by atoms with Gasteiger partial charge < -0.3 is 9.14 Å². The number of ether oxygens (including phenoxy) is 1. The zero-order valence-corrected chi connectivity index (χ0v) is 11.3. The summed E-state index contributed by atoms with van der Waals surface area (Å²) in [5.41, 5.74) is 2.20. The molecule has 0 atom stereocenters. The molecule has 4 heteroatoms. The maximum absolute atomic E-state index is 5.66. The summed E-state index contributed by atoms with van der Waals surface area (Å²) >= 11 is 1.71. The van der Waals surface area contributed by atoms with Gasteiger partial charge in [-0.25, -0.2) is 0 Å². The van der Waals surface area contributed by atoms with Crippen molar-refractivity contribution in [2.24, 2.45) is 0 Å². The third-order valence-corrected chi connectivity index (χ3v) is 4.30. The summed E-state index contributed by atoms with van der Waals surface area (Å²) in [6, 6.07) is 12.5. The van der Waals surface area contributed by atoms with E-state index in [0.717, 1.165) is 10.3 Å². The van der Waals surface area contributed by atoms with Gasteiger partial charge in [0.15, 0.2) is 0 Å². The van der Waals surface area contributed by atoms with Crippen LogP contribution in [0.25, 0.3) is 25.9 Å². The average Bonchev–Trinajstić information content (AvgIpc) is 3.02. The molecule has 0 unspecified atom stereocenters. The quantitative estimate of drug-likeness (QED) is 0.547. The number of hydrogen-bond acceptors (Lipinski definition) is 3. The van der Waals surface area contributed by atoms with Crippen LogP contribution in [-0.2, 0) is 0 Å². The summed E-state index contributed by atoms with van der Waals surface area (Å²) in [5, 5.41) is 1.25. The summed E-state index contributed by atoms with van der Waals surface area (Å²) in [4.78, 5) is 5.70. The molecule has 0 radical (unpaired) electrons. The van der Waals surface area contributed by atoms with E-state index in [0.29, 0.717) is 12.5 Å². The number of thiophene rings is 1. The van der Waals surface area contributed by atoms with E-state index in [1.165, 1.54) is 15.6 Å². The Morgan fingerprint density at radius 2 is 2.11 bits per heavy atom. The number of fused-ring (bicyclic) bond motifs is 5. The molecule has 3 aromatic heterocycles. The van der Waals surface area contributed by atoms with Crippen LogP contribution in [-0.4, -0.2) is 16.0 Å². The summed E-state index contributed by atoms with van der Waals surface area (Å²) < 4.78 is 9.09. The Morgan fingerprint density at radius 3 is 3.00 bits per heavy atom. The van der Waals surface area contributed by atoms with Crippen LogP contribution >= 0.6 is 11.3 Å². The van der Waals surface area contributed by atoms with Gasteiger partial charge in [0.05, 0.1) is 12.1 Å². The van der Waals surface area contributed by atoms with Crippen LogP contribution in [0, 0.1) is 0 Å². The van der Waals surface area contributed by atoms with E-state index in [9.17, 15) is 0 Å². The van der Waals surface area contributed by atoms with E-state index in [-0.39, 0.29) is 0 Å². The van der Waals surface area contributed by atoms with Crippen molar-refractivity contribution < 1.29 is 4.74 Å². The highest BCUT2D eigenvalue weighted by atomic mass is 32.1. The number of nitrogens with zero attached hydrogens (tertiary/aromatic N) is 2. The van der Waals surface area contributed by atoms with E-state index in [4.69, 9.17) is 4.74 Å². The second-order valence-electron chi connectivity index (χ2n) is 4.37. The molecule has 0 aliphatic carbocycles. The Hall–Kier alpha value is -2.07. The van der Waals surface area contributed by atoms with Crippen LogP contribution in [0.4, 0.5) is 0 Å². The lowest BCUT2D eigenvalue weighted by atomic mass is 10.2. The maximum Gasteiger partial charge on any atom is 0.239 e. The number of benzene rings is 1. The van der Waals surface area contributed by atoms with Crippen molar-refractivity contribution >= 4 is 37.3 Å². The molecule has 19 heavy (non-hydrogen) atoms. The molecule has 3 nitrogen and oxygen atoms in total. The number of aromatic nitrogens is 2. The first-order chi connectivity index (χ1) is 9.38. The molecule has 0 aliphatic rings. The molecule has 0 saturated carbocycles. The van der Waals surface area contributed by atoms with E-state index in [1.54, 1.807) is 11.3 Å². The zero-order valence-electron chi connectivity index (χ0n) is 10.5. The van der Waals surface area contributed by atoms with Crippen LogP contribution in [0.15, 0.2) is 42.6 Å².